The van der Waals surface area contributed by atoms with Gasteiger partial charge < -0.3 is 9.47 Å². The maximum absolute atomic E-state index is 11.8. The van der Waals surface area contributed by atoms with Crippen molar-refractivity contribution >= 4 is 18.1 Å². The molecule has 1 aliphatic rings. The third-order valence-corrected chi connectivity index (χ3v) is 3.27. The molecule has 1 aliphatic heterocycles. The van der Waals surface area contributed by atoms with Crippen LogP contribution in [0.15, 0.2) is 0 Å². The molecule has 0 saturated carbocycles. The summed E-state index contributed by atoms with van der Waals surface area (Å²) in [5.41, 5.74) is 0. The largest absolute Gasteiger partial charge is 0.343 e. The molecule has 0 spiro atoms. The van der Waals surface area contributed by atoms with Gasteiger partial charge in [0.05, 0.1) is 0 Å². The fourth-order valence-corrected chi connectivity index (χ4v) is 2.26. The van der Waals surface area contributed by atoms with Gasteiger partial charge in [-0.1, -0.05) is 0 Å². The highest BCUT2D eigenvalue weighted by molar-refractivity contribution is 7.71. The number of nitrogens with zero attached hydrogens (tertiary/aromatic N) is 3. The molecule has 0 aliphatic carbocycles. The molecule has 0 unspecified atom stereocenters. The minimum atomic E-state index is 0.222. The summed E-state index contributed by atoms with van der Waals surface area (Å²) in [4.78, 5) is 13.7. The van der Waals surface area contributed by atoms with E-state index >= 15 is 0 Å². The van der Waals surface area contributed by atoms with E-state index in [9.17, 15) is 4.79 Å². The number of hydrogen-bond donors (Lipinski definition) is 1. The highest BCUT2D eigenvalue weighted by Gasteiger charge is 2.17. The first-order chi connectivity index (χ1) is 7.68. The predicted octanol–water partition coefficient (Wildman–Crippen LogP) is 1.26. The summed E-state index contributed by atoms with van der Waals surface area (Å²) < 4.78 is 2.45. The minimum absolute atomic E-state index is 0.222. The Balaban J connectivity index is 1.92. The van der Waals surface area contributed by atoms with Crippen LogP contribution in [0.5, 0.6) is 0 Å². The van der Waals surface area contributed by atoms with Gasteiger partial charge in [-0.05, 0) is 32.0 Å². The number of hydrogen-bond acceptors (Lipinski definition) is 3. The summed E-state index contributed by atoms with van der Waals surface area (Å²) in [6.07, 6.45) is 2.78. The molecule has 2 rings (SSSR count). The SMILES string of the molecule is Cc1n[nH]c(=S)n1CCC(=O)N1CCCC1. The zero-order chi connectivity index (χ0) is 11.5. The first-order valence-corrected chi connectivity index (χ1v) is 5.99. The summed E-state index contributed by atoms with van der Waals surface area (Å²) in [6, 6.07) is 0. The fraction of sp³-hybridized carbons (Fsp3) is 0.700. The third-order valence-electron chi connectivity index (χ3n) is 2.96. The normalized spacial score (nSPS) is 15.7. The second-order valence-electron chi connectivity index (χ2n) is 4.07. The van der Waals surface area contributed by atoms with E-state index in [1.54, 1.807) is 0 Å². The molecule has 1 N–H and O–H groups in total. The molecular formula is C10H16N4OS. The zero-order valence-corrected chi connectivity index (χ0v) is 10.2. The van der Waals surface area contributed by atoms with Crippen molar-refractivity contribution in [1.29, 1.82) is 0 Å². The van der Waals surface area contributed by atoms with Crippen molar-refractivity contribution in [2.24, 2.45) is 0 Å². The van der Waals surface area contributed by atoms with Crippen molar-refractivity contribution < 1.29 is 4.79 Å². The van der Waals surface area contributed by atoms with E-state index in [0.29, 0.717) is 17.7 Å². The lowest BCUT2D eigenvalue weighted by atomic mass is 10.3. The van der Waals surface area contributed by atoms with Crippen LogP contribution >= 0.6 is 12.2 Å². The molecular weight excluding hydrogens is 224 g/mol. The molecule has 5 nitrogen and oxygen atoms in total. The van der Waals surface area contributed by atoms with E-state index in [0.717, 1.165) is 31.8 Å². The van der Waals surface area contributed by atoms with Crippen molar-refractivity contribution in [2.45, 2.75) is 32.7 Å². The summed E-state index contributed by atoms with van der Waals surface area (Å²) in [7, 11) is 0. The number of rotatable bonds is 3. The molecule has 0 radical (unpaired) electrons. The number of aromatic amines is 1. The maximum atomic E-state index is 11.8. The summed E-state index contributed by atoms with van der Waals surface area (Å²) in [6.45, 7) is 4.33. The Bertz CT molecular complexity index is 430. The molecule has 1 aromatic heterocycles. The van der Waals surface area contributed by atoms with Gasteiger partial charge in [0.1, 0.15) is 5.82 Å². The quantitative estimate of drug-likeness (QED) is 0.809. The Morgan fingerprint density at radius 2 is 2.19 bits per heavy atom. The highest BCUT2D eigenvalue weighted by atomic mass is 32.1. The number of H-pyrrole nitrogens is 1. The van der Waals surface area contributed by atoms with Gasteiger partial charge in [0.15, 0.2) is 4.77 Å². The molecule has 1 fully saturated rings. The van der Waals surface area contributed by atoms with Gasteiger partial charge in [-0.3, -0.25) is 9.89 Å². The van der Waals surface area contributed by atoms with Crippen LogP contribution in [0.4, 0.5) is 0 Å². The number of aryl methyl sites for hydroxylation is 1. The summed E-state index contributed by atoms with van der Waals surface area (Å²) in [5.74, 6) is 1.05. The summed E-state index contributed by atoms with van der Waals surface area (Å²) in [5, 5.41) is 6.73. The first-order valence-electron chi connectivity index (χ1n) is 5.58. The van der Waals surface area contributed by atoms with Gasteiger partial charge in [-0.25, -0.2) is 0 Å². The number of likely N-dealkylation sites (tertiary alicyclic amines) is 1. The van der Waals surface area contributed by atoms with Crippen LogP contribution in [0.2, 0.25) is 0 Å². The Hall–Kier alpha value is -1.17. The lowest BCUT2D eigenvalue weighted by molar-refractivity contribution is -0.130. The molecule has 1 aromatic rings. The van der Waals surface area contributed by atoms with Crippen LogP contribution in [0.1, 0.15) is 25.1 Å². The van der Waals surface area contributed by atoms with Gasteiger partial charge in [0.25, 0.3) is 0 Å². The minimum Gasteiger partial charge on any atom is -0.343 e. The van der Waals surface area contributed by atoms with Crippen LogP contribution in [-0.4, -0.2) is 38.7 Å². The molecule has 0 bridgehead atoms. The summed E-state index contributed by atoms with van der Waals surface area (Å²) >= 11 is 5.08. The first kappa shape index (κ1) is 11.3. The molecule has 6 heteroatoms. The topological polar surface area (TPSA) is 53.9 Å². The zero-order valence-electron chi connectivity index (χ0n) is 9.40. The van der Waals surface area contributed by atoms with Crippen molar-refractivity contribution in [1.82, 2.24) is 19.7 Å². The Morgan fingerprint density at radius 1 is 1.50 bits per heavy atom. The molecule has 1 saturated heterocycles. The molecule has 0 aromatic carbocycles. The number of aromatic nitrogens is 3. The standard InChI is InChI=1S/C10H16N4OS/c1-8-11-12-10(16)14(8)7-4-9(15)13-5-2-3-6-13/h2-7H2,1H3,(H,12,16). The number of carbonyl (C=O) groups excluding carboxylic acids is 1. The number of nitrogens with one attached hydrogen (secondary N) is 1. The van der Waals surface area contributed by atoms with E-state index in [2.05, 4.69) is 10.2 Å². The van der Waals surface area contributed by atoms with Crippen LogP contribution in [-0.2, 0) is 11.3 Å². The average molecular weight is 240 g/mol. The van der Waals surface area contributed by atoms with Crippen LogP contribution in [0.25, 0.3) is 0 Å². The predicted molar refractivity (Wildman–Crippen MR) is 62.6 cm³/mol. The van der Waals surface area contributed by atoms with Crippen molar-refractivity contribution in [3.05, 3.63) is 10.6 Å². The van der Waals surface area contributed by atoms with Crippen LogP contribution < -0.4 is 0 Å². The Kier molecular flexibility index (Phi) is 3.38. The maximum Gasteiger partial charge on any atom is 0.224 e. The Labute approximate surface area is 99.5 Å². The van der Waals surface area contributed by atoms with Gasteiger partial charge in [0.2, 0.25) is 5.91 Å². The lowest BCUT2D eigenvalue weighted by Crippen LogP contribution is -2.28. The molecule has 2 heterocycles. The van der Waals surface area contributed by atoms with Gasteiger partial charge in [-0.15, -0.1) is 0 Å². The fourth-order valence-electron chi connectivity index (χ4n) is 1.99. The van der Waals surface area contributed by atoms with Crippen molar-refractivity contribution in [3.8, 4) is 0 Å². The van der Waals surface area contributed by atoms with Crippen LogP contribution in [0.3, 0.4) is 0 Å². The number of amides is 1. The second-order valence-corrected chi connectivity index (χ2v) is 4.45. The third kappa shape index (κ3) is 2.32. The highest BCUT2D eigenvalue weighted by Crippen LogP contribution is 2.09. The monoisotopic (exact) mass is 240 g/mol. The number of carbonyl (C=O) groups is 1. The van der Waals surface area contributed by atoms with E-state index in [4.69, 9.17) is 12.2 Å². The molecule has 0 atom stereocenters. The molecule has 1 amide bonds. The van der Waals surface area contributed by atoms with Gasteiger partial charge >= 0.3 is 0 Å². The van der Waals surface area contributed by atoms with E-state index in [1.165, 1.54) is 0 Å². The van der Waals surface area contributed by atoms with Crippen molar-refractivity contribution in [3.63, 3.8) is 0 Å². The van der Waals surface area contributed by atoms with Gasteiger partial charge in [0, 0.05) is 26.1 Å². The average Bonchev–Trinajstić information content (AvgIpc) is 2.87. The second kappa shape index (κ2) is 4.78. The van der Waals surface area contributed by atoms with Crippen LogP contribution in [0, 0.1) is 11.7 Å². The van der Waals surface area contributed by atoms with Gasteiger partial charge in [-0.2, -0.15) is 5.10 Å². The molecule has 16 heavy (non-hydrogen) atoms. The van der Waals surface area contributed by atoms with E-state index in [-0.39, 0.29) is 5.91 Å². The van der Waals surface area contributed by atoms with E-state index in [1.807, 2.05) is 16.4 Å². The smallest absolute Gasteiger partial charge is 0.224 e. The lowest BCUT2D eigenvalue weighted by Gasteiger charge is -2.15. The Morgan fingerprint density at radius 3 is 2.75 bits per heavy atom. The molecule has 88 valence electrons. The van der Waals surface area contributed by atoms with E-state index < -0.39 is 0 Å². The van der Waals surface area contributed by atoms with Crippen molar-refractivity contribution in [2.75, 3.05) is 13.1 Å².